The summed E-state index contributed by atoms with van der Waals surface area (Å²) >= 11 is 0. The lowest BCUT2D eigenvalue weighted by atomic mass is 10.1. The predicted molar refractivity (Wildman–Crippen MR) is 115 cm³/mol. The first-order chi connectivity index (χ1) is 14.5. The molecule has 30 heavy (non-hydrogen) atoms. The van der Waals surface area contributed by atoms with Gasteiger partial charge in [0.25, 0.3) is 5.91 Å². The Morgan fingerprint density at radius 1 is 0.867 bits per heavy atom. The van der Waals surface area contributed by atoms with Crippen molar-refractivity contribution in [3.8, 4) is 17.2 Å². The lowest BCUT2D eigenvalue weighted by molar-refractivity contribution is -0.114. The molecule has 8 heteroatoms. The van der Waals surface area contributed by atoms with E-state index < -0.39 is 0 Å². The van der Waals surface area contributed by atoms with Gasteiger partial charge in [-0.15, -0.1) is 0 Å². The molecule has 0 aromatic heterocycles. The number of benzene rings is 2. The summed E-state index contributed by atoms with van der Waals surface area (Å²) < 4.78 is 16.0. The van der Waals surface area contributed by atoms with Gasteiger partial charge in [0.05, 0.1) is 21.3 Å². The normalized spacial score (nSPS) is 13.6. The Kier molecular flexibility index (Phi) is 6.66. The van der Waals surface area contributed by atoms with Crippen LogP contribution in [-0.2, 0) is 4.79 Å². The first-order valence-electron chi connectivity index (χ1n) is 9.68. The van der Waals surface area contributed by atoms with Gasteiger partial charge in [-0.2, -0.15) is 0 Å². The Morgan fingerprint density at radius 3 is 1.90 bits per heavy atom. The molecule has 8 nitrogen and oxygen atoms in total. The van der Waals surface area contributed by atoms with Crippen LogP contribution in [0.4, 0.5) is 11.4 Å². The van der Waals surface area contributed by atoms with Crippen LogP contribution >= 0.6 is 0 Å². The average molecular weight is 413 g/mol. The highest BCUT2D eigenvalue weighted by molar-refractivity contribution is 5.96. The number of methoxy groups -OCH3 is 3. The molecule has 1 saturated heterocycles. The van der Waals surface area contributed by atoms with Crippen LogP contribution in [0.15, 0.2) is 36.4 Å². The Bertz CT molecular complexity index is 880. The summed E-state index contributed by atoms with van der Waals surface area (Å²) in [5, 5.41) is 2.76. The number of nitrogens with zero attached hydrogens (tertiary/aromatic N) is 2. The quantitative estimate of drug-likeness (QED) is 0.784. The van der Waals surface area contributed by atoms with Crippen molar-refractivity contribution in [3.63, 3.8) is 0 Å². The molecule has 1 N–H and O–H groups in total. The Balaban J connectivity index is 1.67. The first kappa shape index (κ1) is 21.3. The van der Waals surface area contributed by atoms with Crippen molar-refractivity contribution in [2.75, 3.05) is 57.7 Å². The van der Waals surface area contributed by atoms with Crippen molar-refractivity contribution in [3.05, 3.63) is 42.0 Å². The monoisotopic (exact) mass is 413 g/mol. The zero-order valence-corrected chi connectivity index (χ0v) is 17.7. The average Bonchev–Trinajstić information content (AvgIpc) is 2.77. The molecule has 0 spiro atoms. The number of ether oxygens (including phenoxy) is 3. The van der Waals surface area contributed by atoms with E-state index in [1.165, 1.54) is 28.3 Å². The van der Waals surface area contributed by atoms with Crippen LogP contribution in [0, 0.1) is 0 Å². The maximum Gasteiger partial charge on any atom is 0.254 e. The van der Waals surface area contributed by atoms with Gasteiger partial charge in [-0.05, 0) is 36.4 Å². The van der Waals surface area contributed by atoms with Crippen LogP contribution in [-0.4, -0.2) is 64.2 Å². The number of piperazine rings is 1. The highest BCUT2D eigenvalue weighted by Gasteiger charge is 2.25. The molecule has 1 heterocycles. The molecule has 160 valence electrons. The fourth-order valence-corrected chi connectivity index (χ4v) is 3.51. The van der Waals surface area contributed by atoms with Gasteiger partial charge < -0.3 is 29.3 Å². The molecular formula is C22H27N3O5. The molecule has 0 bridgehead atoms. The summed E-state index contributed by atoms with van der Waals surface area (Å²) in [7, 11) is 4.59. The van der Waals surface area contributed by atoms with E-state index in [0.29, 0.717) is 35.9 Å². The third-order valence-corrected chi connectivity index (χ3v) is 5.03. The molecule has 3 rings (SSSR count). The predicted octanol–water partition coefficient (Wildman–Crippen LogP) is 2.63. The summed E-state index contributed by atoms with van der Waals surface area (Å²) in [6, 6.07) is 11.1. The molecule has 0 aliphatic carbocycles. The number of amides is 2. The molecule has 2 aromatic rings. The van der Waals surface area contributed by atoms with Crippen molar-refractivity contribution in [1.29, 1.82) is 0 Å². The number of hydrogen-bond donors (Lipinski definition) is 1. The van der Waals surface area contributed by atoms with Crippen LogP contribution in [0.2, 0.25) is 0 Å². The highest BCUT2D eigenvalue weighted by Crippen LogP contribution is 2.38. The second-order valence-electron chi connectivity index (χ2n) is 6.92. The van der Waals surface area contributed by atoms with E-state index in [9.17, 15) is 9.59 Å². The Hall–Kier alpha value is -3.42. The molecule has 0 radical (unpaired) electrons. The van der Waals surface area contributed by atoms with Gasteiger partial charge in [-0.1, -0.05) is 0 Å². The summed E-state index contributed by atoms with van der Waals surface area (Å²) in [6.07, 6.45) is 0. The number of rotatable bonds is 6. The molecule has 2 amide bonds. The number of anilines is 2. The fraction of sp³-hybridized carbons (Fsp3) is 0.364. The largest absolute Gasteiger partial charge is 0.493 e. The van der Waals surface area contributed by atoms with Gasteiger partial charge >= 0.3 is 0 Å². The molecule has 1 aliphatic rings. The second kappa shape index (κ2) is 9.39. The molecule has 0 saturated carbocycles. The summed E-state index contributed by atoms with van der Waals surface area (Å²) in [6.45, 7) is 4.12. The maximum absolute atomic E-state index is 13.0. The molecule has 1 aliphatic heterocycles. The number of hydrogen-bond acceptors (Lipinski definition) is 6. The third kappa shape index (κ3) is 4.59. The fourth-order valence-electron chi connectivity index (χ4n) is 3.51. The molecule has 0 unspecified atom stereocenters. The Labute approximate surface area is 176 Å². The number of carbonyl (C=O) groups excluding carboxylic acids is 2. The van der Waals surface area contributed by atoms with Crippen molar-refractivity contribution in [1.82, 2.24) is 4.90 Å². The zero-order valence-electron chi connectivity index (χ0n) is 17.7. The molecule has 2 aromatic carbocycles. The van der Waals surface area contributed by atoms with E-state index in [2.05, 4.69) is 10.2 Å². The van der Waals surface area contributed by atoms with E-state index in [-0.39, 0.29) is 11.8 Å². The van der Waals surface area contributed by atoms with E-state index >= 15 is 0 Å². The summed E-state index contributed by atoms with van der Waals surface area (Å²) in [5.41, 5.74) is 2.32. The van der Waals surface area contributed by atoms with Crippen LogP contribution < -0.4 is 24.4 Å². The lowest BCUT2D eigenvalue weighted by Crippen LogP contribution is -2.48. The van der Waals surface area contributed by atoms with E-state index in [1.54, 1.807) is 12.1 Å². The molecule has 0 atom stereocenters. The van der Waals surface area contributed by atoms with Gasteiger partial charge in [0.15, 0.2) is 11.5 Å². The first-order valence-corrected chi connectivity index (χ1v) is 9.68. The van der Waals surface area contributed by atoms with E-state index in [0.717, 1.165) is 24.5 Å². The standard InChI is InChI=1S/C22H27N3O5/c1-15(26)23-17-5-7-18(8-6-17)24-9-11-25(12-10-24)22(27)16-13-19(28-2)21(30-4)20(14-16)29-3/h5-8,13-14H,9-12H2,1-4H3,(H,23,26). The topological polar surface area (TPSA) is 80.3 Å². The third-order valence-electron chi connectivity index (χ3n) is 5.03. The van der Waals surface area contributed by atoms with Crippen molar-refractivity contribution in [2.24, 2.45) is 0 Å². The van der Waals surface area contributed by atoms with Crippen LogP contribution in [0.1, 0.15) is 17.3 Å². The minimum atomic E-state index is -0.0957. The van der Waals surface area contributed by atoms with Crippen molar-refractivity contribution >= 4 is 23.2 Å². The second-order valence-corrected chi connectivity index (χ2v) is 6.92. The van der Waals surface area contributed by atoms with Gasteiger partial charge in [0.2, 0.25) is 11.7 Å². The maximum atomic E-state index is 13.0. The zero-order chi connectivity index (χ0) is 21.7. The van der Waals surface area contributed by atoms with Gasteiger partial charge in [0.1, 0.15) is 0 Å². The smallest absolute Gasteiger partial charge is 0.254 e. The van der Waals surface area contributed by atoms with E-state index in [4.69, 9.17) is 14.2 Å². The number of carbonyl (C=O) groups is 2. The van der Waals surface area contributed by atoms with Crippen LogP contribution in [0.3, 0.4) is 0 Å². The van der Waals surface area contributed by atoms with Crippen LogP contribution in [0.25, 0.3) is 0 Å². The summed E-state index contributed by atoms with van der Waals surface area (Å²) in [4.78, 5) is 28.2. The Morgan fingerprint density at radius 2 is 1.43 bits per heavy atom. The molecular weight excluding hydrogens is 386 g/mol. The minimum Gasteiger partial charge on any atom is -0.493 e. The van der Waals surface area contributed by atoms with Gasteiger partial charge in [0, 0.05) is 50.0 Å². The van der Waals surface area contributed by atoms with Crippen LogP contribution in [0.5, 0.6) is 17.2 Å². The van der Waals surface area contributed by atoms with Crippen molar-refractivity contribution in [2.45, 2.75) is 6.92 Å². The minimum absolute atomic E-state index is 0.0742. The van der Waals surface area contributed by atoms with E-state index in [1.807, 2.05) is 29.2 Å². The summed E-state index contributed by atoms with van der Waals surface area (Å²) in [5.74, 6) is 1.21. The highest BCUT2D eigenvalue weighted by atomic mass is 16.5. The van der Waals surface area contributed by atoms with Gasteiger partial charge in [-0.25, -0.2) is 0 Å². The van der Waals surface area contributed by atoms with Crippen molar-refractivity contribution < 1.29 is 23.8 Å². The van der Waals surface area contributed by atoms with Gasteiger partial charge in [-0.3, -0.25) is 9.59 Å². The SMILES string of the molecule is COc1cc(C(=O)N2CCN(c3ccc(NC(C)=O)cc3)CC2)cc(OC)c1OC. The number of nitrogens with one attached hydrogen (secondary N) is 1. The lowest BCUT2D eigenvalue weighted by Gasteiger charge is -2.36. The molecule has 1 fully saturated rings.